The molecule has 7 nitrogen and oxygen atoms in total. The summed E-state index contributed by atoms with van der Waals surface area (Å²) in [5, 5.41) is 2.96. The number of fused-ring (bicyclic) bond motifs is 3. The summed E-state index contributed by atoms with van der Waals surface area (Å²) in [6, 6.07) is 20.4. The van der Waals surface area contributed by atoms with Crippen LogP contribution in [0.2, 0.25) is 0 Å². The molecule has 0 bridgehead atoms. The Morgan fingerprint density at radius 2 is 1.48 bits per heavy atom. The summed E-state index contributed by atoms with van der Waals surface area (Å²) >= 11 is 0.890. The van der Waals surface area contributed by atoms with Crippen LogP contribution in [0.15, 0.2) is 94.9 Å². The fourth-order valence-corrected chi connectivity index (χ4v) is 5.39. The molecule has 4 aromatic carbocycles. The van der Waals surface area contributed by atoms with Crippen LogP contribution in [0.3, 0.4) is 0 Å². The van der Waals surface area contributed by atoms with Crippen LogP contribution in [0.25, 0.3) is 16.6 Å². The van der Waals surface area contributed by atoms with E-state index in [4.69, 9.17) is 0 Å². The molecule has 0 spiro atoms. The molecule has 1 aromatic heterocycles. The summed E-state index contributed by atoms with van der Waals surface area (Å²) in [6.07, 6.45) is 0. The van der Waals surface area contributed by atoms with Gasteiger partial charge in [0.2, 0.25) is 5.91 Å². The minimum absolute atomic E-state index is 0.0344. The fraction of sp³-hybridized carbons (Fsp3) is 0.0333. The highest BCUT2D eigenvalue weighted by molar-refractivity contribution is 7.99. The molecule has 10 heteroatoms. The van der Waals surface area contributed by atoms with Crippen LogP contribution in [-0.4, -0.2) is 32.8 Å². The van der Waals surface area contributed by atoms with E-state index in [0.29, 0.717) is 28.4 Å². The van der Waals surface area contributed by atoms with Crippen molar-refractivity contribution in [2.24, 2.45) is 0 Å². The van der Waals surface area contributed by atoms with Crippen LogP contribution >= 0.6 is 11.8 Å². The average molecular weight is 554 g/mol. The largest absolute Gasteiger partial charge is 0.325 e. The molecule has 196 valence electrons. The first-order valence-corrected chi connectivity index (χ1v) is 13.0. The fourth-order valence-electron chi connectivity index (χ4n) is 4.59. The number of aromatic nitrogens is 2. The third-order valence-electron chi connectivity index (χ3n) is 6.44. The number of rotatable bonds is 5. The van der Waals surface area contributed by atoms with Gasteiger partial charge in [-0.25, -0.2) is 13.8 Å². The third kappa shape index (κ3) is 4.38. The van der Waals surface area contributed by atoms with Crippen LogP contribution in [0.4, 0.5) is 14.5 Å². The Labute approximate surface area is 229 Å². The van der Waals surface area contributed by atoms with Crippen LogP contribution in [0, 0.1) is 11.6 Å². The van der Waals surface area contributed by atoms with E-state index in [0.717, 1.165) is 28.5 Å². The van der Waals surface area contributed by atoms with Crippen molar-refractivity contribution in [3.63, 3.8) is 0 Å². The zero-order chi connectivity index (χ0) is 28.0. The number of hydrogen-bond acceptors (Lipinski definition) is 6. The van der Waals surface area contributed by atoms with E-state index in [1.807, 2.05) is 0 Å². The molecule has 0 saturated carbocycles. The van der Waals surface area contributed by atoms with Gasteiger partial charge >= 0.3 is 0 Å². The predicted octanol–water partition coefficient (Wildman–Crippen LogP) is 5.17. The van der Waals surface area contributed by atoms with Crippen molar-refractivity contribution in [1.82, 2.24) is 9.55 Å². The lowest BCUT2D eigenvalue weighted by atomic mass is 9.84. The van der Waals surface area contributed by atoms with Crippen molar-refractivity contribution in [2.45, 2.75) is 5.16 Å². The van der Waals surface area contributed by atoms with E-state index >= 15 is 0 Å². The topological polar surface area (TPSA) is 98.1 Å². The van der Waals surface area contributed by atoms with Crippen molar-refractivity contribution >= 4 is 45.8 Å². The van der Waals surface area contributed by atoms with E-state index in [-0.39, 0.29) is 44.7 Å². The maximum absolute atomic E-state index is 14.7. The maximum atomic E-state index is 14.7. The summed E-state index contributed by atoms with van der Waals surface area (Å²) in [5.74, 6) is -3.06. The number of anilines is 1. The standard InChI is InChI=1S/C30H17F2N3O4S/c31-16-9-12-25(23(32)13-16)35-29(39)21-7-3-4-8-24(21)34-30(35)40-15-26(36)33-17-10-11-20-22(14-17)28(38)19-6-2-1-5-18(19)27(20)37/h1-14H,15H2,(H,33,36). The minimum Gasteiger partial charge on any atom is -0.325 e. The Balaban J connectivity index is 1.28. The van der Waals surface area contributed by atoms with Gasteiger partial charge in [0, 0.05) is 34.0 Å². The Bertz CT molecular complexity index is 1950. The first-order valence-electron chi connectivity index (χ1n) is 12.0. The number of benzene rings is 4. The minimum atomic E-state index is -0.958. The van der Waals surface area contributed by atoms with Crippen LogP contribution in [0.1, 0.15) is 31.8 Å². The molecule has 0 aliphatic heterocycles. The van der Waals surface area contributed by atoms with Crippen LogP contribution in [0.5, 0.6) is 0 Å². The molecule has 0 fully saturated rings. The summed E-state index contributed by atoms with van der Waals surface area (Å²) in [7, 11) is 0. The molecular weight excluding hydrogens is 536 g/mol. The van der Waals surface area contributed by atoms with Crippen molar-refractivity contribution in [3.8, 4) is 5.69 Å². The van der Waals surface area contributed by atoms with Gasteiger partial charge in [-0.1, -0.05) is 48.2 Å². The molecule has 0 unspecified atom stereocenters. The lowest BCUT2D eigenvalue weighted by Gasteiger charge is -2.18. The monoisotopic (exact) mass is 553 g/mol. The highest BCUT2D eigenvalue weighted by Gasteiger charge is 2.29. The molecule has 1 aliphatic carbocycles. The van der Waals surface area contributed by atoms with E-state index in [1.165, 1.54) is 18.2 Å². The number of carbonyl (C=O) groups excluding carboxylic acids is 3. The normalized spacial score (nSPS) is 12.2. The molecule has 1 amide bonds. The van der Waals surface area contributed by atoms with Crippen molar-refractivity contribution in [1.29, 1.82) is 0 Å². The van der Waals surface area contributed by atoms with E-state index in [2.05, 4.69) is 10.3 Å². The van der Waals surface area contributed by atoms with Gasteiger partial charge < -0.3 is 5.32 Å². The average Bonchev–Trinajstić information content (AvgIpc) is 2.95. The van der Waals surface area contributed by atoms with Crippen LogP contribution < -0.4 is 10.9 Å². The molecule has 6 rings (SSSR count). The molecule has 0 saturated heterocycles. The third-order valence-corrected chi connectivity index (χ3v) is 7.38. The predicted molar refractivity (Wildman–Crippen MR) is 146 cm³/mol. The molecule has 0 atom stereocenters. The smallest absolute Gasteiger partial charge is 0.266 e. The second kappa shape index (κ2) is 9.97. The van der Waals surface area contributed by atoms with Crippen molar-refractivity contribution < 1.29 is 23.2 Å². The molecule has 5 aromatic rings. The van der Waals surface area contributed by atoms with Gasteiger partial charge in [0.25, 0.3) is 5.56 Å². The van der Waals surface area contributed by atoms with Gasteiger partial charge in [0.05, 0.1) is 22.3 Å². The first kappa shape index (κ1) is 25.3. The van der Waals surface area contributed by atoms with Crippen molar-refractivity contribution in [3.05, 3.63) is 129 Å². The number of halogens is 2. The number of ketones is 2. The molecule has 40 heavy (non-hydrogen) atoms. The van der Waals surface area contributed by atoms with E-state index < -0.39 is 23.1 Å². The van der Waals surface area contributed by atoms with Gasteiger partial charge in [-0.15, -0.1) is 0 Å². The van der Waals surface area contributed by atoms with Gasteiger partial charge in [0.15, 0.2) is 16.7 Å². The SMILES string of the molecule is O=C(CSc1nc2ccccc2c(=O)n1-c1ccc(F)cc1F)Nc1ccc2c(c1)C(=O)c1ccccc1C2=O. The van der Waals surface area contributed by atoms with Gasteiger partial charge in [-0.3, -0.25) is 23.7 Å². The Kier molecular flexibility index (Phi) is 6.31. The summed E-state index contributed by atoms with van der Waals surface area (Å²) in [4.78, 5) is 56.5. The number of hydrogen-bond donors (Lipinski definition) is 1. The number of nitrogens with one attached hydrogen (secondary N) is 1. The highest BCUT2D eigenvalue weighted by Crippen LogP contribution is 2.29. The lowest BCUT2D eigenvalue weighted by molar-refractivity contribution is -0.113. The number of para-hydroxylation sites is 1. The summed E-state index contributed by atoms with van der Waals surface area (Å²) in [5.41, 5.74) is 0.952. The van der Waals surface area contributed by atoms with E-state index in [1.54, 1.807) is 48.5 Å². The first-order chi connectivity index (χ1) is 19.3. The molecule has 0 radical (unpaired) electrons. The van der Waals surface area contributed by atoms with Gasteiger partial charge in [-0.2, -0.15) is 0 Å². The number of nitrogens with zero attached hydrogens (tertiary/aromatic N) is 2. The second-order valence-corrected chi connectivity index (χ2v) is 9.89. The lowest BCUT2D eigenvalue weighted by Crippen LogP contribution is -2.24. The summed E-state index contributed by atoms with van der Waals surface area (Å²) in [6.45, 7) is 0. The zero-order valence-electron chi connectivity index (χ0n) is 20.5. The van der Waals surface area contributed by atoms with Gasteiger partial charge in [0.1, 0.15) is 11.6 Å². The van der Waals surface area contributed by atoms with E-state index in [9.17, 15) is 28.0 Å². The summed E-state index contributed by atoms with van der Waals surface area (Å²) < 4.78 is 29.3. The zero-order valence-corrected chi connectivity index (χ0v) is 21.3. The molecule has 1 N–H and O–H groups in total. The number of carbonyl (C=O) groups is 3. The Morgan fingerprint density at radius 1 is 0.800 bits per heavy atom. The quantitative estimate of drug-likeness (QED) is 0.234. The molecular formula is C30H17F2N3O4S. The number of thioether (sulfide) groups is 1. The Hall–Kier alpha value is -4.96. The van der Waals surface area contributed by atoms with Crippen LogP contribution in [-0.2, 0) is 4.79 Å². The number of amides is 1. The van der Waals surface area contributed by atoms with Gasteiger partial charge in [-0.05, 0) is 42.5 Å². The Morgan fingerprint density at radius 3 is 2.23 bits per heavy atom. The van der Waals surface area contributed by atoms with Crippen molar-refractivity contribution in [2.75, 3.05) is 11.1 Å². The maximum Gasteiger partial charge on any atom is 0.266 e. The second-order valence-electron chi connectivity index (χ2n) is 8.95. The molecule has 1 aliphatic rings. The molecule has 1 heterocycles. The highest BCUT2D eigenvalue weighted by atomic mass is 32.2.